The number of nitrogens with one attached hydrogen (secondary N) is 1. The van der Waals surface area contributed by atoms with E-state index in [4.69, 9.17) is 4.74 Å². The zero-order chi connectivity index (χ0) is 15.4. The number of fused-ring (bicyclic) bond motifs is 1. The molecule has 0 aliphatic carbocycles. The summed E-state index contributed by atoms with van der Waals surface area (Å²) < 4.78 is 18.0. The van der Waals surface area contributed by atoms with Gasteiger partial charge >= 0.3 is 0 Å². The number of halogens is 1. The topological polar surface area (TPSA) is 51.2 Å². The quantitative estimate of drug-likeness (QED) is 0.803. The lowest BCUT2D eigenvalue weighted by Crippen LogP contribution is -2.20. The zero-order valence-corrected chi connectivity index (χ0v) is 11.6. The van der Waals surface area contributed by atoms with Gasteiger partial charge in [0.1, 0.15) is 11.6 Å². The summed E-state index contributed by atoms with van der Waals surface area (Å²) >= 11 is 0. The van der Waals surface area contributed by atoms with Crippen LogP contribution >= 0.6 is 0 Å². The van der Waals surface area contributed by atoms with Crippen molar-refractivity contribution in [2.45, 2.75) is 0 Å². The third kappa shape index (κ3) is 3.38. The maximum absolute atomic E-state index is 12.8. The summed E-state index contributed by atoms with van der Waals surface area (Å²) in [6.07, 6.45) is 1.60. The van der Waals surface area contributed by atoms with Crippen LogP contribution in [0.1, 0.15) is 0 Å². The van der Waals surface area contributed by atoms with Crippen LogP contribution in [0.5, 0.6) is 5.75 Å². The SMILES string of the molecule is O=C(COc1ccc(F)cc1)Nc1cnc2ccccc2c1. The highest BCUT2D eigenvalue weighted by Gasteiger charge is 2.05. The number of aromatic nitrogens is 1. The number of benzene rings is 2. The summed E-state index contributed by atoms with van der Waals surface area (Å²) in [6.45, 7) is -0.154. The first-order valence-electron chi connectivity index (χ1n) is 6.74. The monoisotopic (exact) mass is 296 g/mol. The van der Waals surface area contributed by atoms with Crippen LogP contribution < -0.4 is 10.1 Å². The van der Waals surface area contributed by atoms with Crippen LogP contribution in [0.15, 0.2) is 60.8 Å². The molecule has 0 saturated carbocycles. The Morgan fingerprint density at radius 1 is 1.14 bits per heavy atom. The molecule has 0 aliphatic rings. The van der Waals surface area contributed by atoms with Crippen LogP contribution in [-0.4, -0.2) is 17.5 Å². The number of para-hydroxylation sites is 1. The molecule has 1 amide bonds. The maximum atomic E-state index is 12.8. The second-order valence-corrected chi connectivity index (χ2v) is 4.71. The van der Waals surface area contributed by atoms with Crippen molar-refractivity contribution in [2.24, 2.45) is 0 Å². The fraction of sp³-hybridized carbons (Fsp3) is 0.0588. The first-order chi connectivity index (χ1) is 10.7. The van der Waals surface area contributed by atoms with Gasteiger partial charge in [-0.05, 0) is 36.4 Å². The summed E-state index contributed by atoms with van der Waals surface area (Å²) in [5, 5.41) is 3.66. The van der Waals surface area contributed by atoms with E-state index in [9.17, 15) is 9.18 Å². The summed E-state index contributed by atoms with van der Waals surface area (Å²) in [5.74, 6) is -0.214. The Balaban J connectivity index is 1.61. The fourth-order valence-electron chi connectivity index (χ4n) is 2.02. The Labute approximate surface area is 126 Å². The number of carbonyl (C=O) groups is 1. The molecule has 0 radical (unpaired) electrons. The van der Waals surface area contributed by atoms with E-state index in [1.807, 2.05) is 30.3 Å². The molecule has 0 atom stereocenters. The van der Waals surface area contributed by atoms with Crippen molar-refractivity contribution < 1.29 is 13.9 Å². The van der Waals surface area contributed by atoms with Gasteiger partial charge in [-0.1, -0.05) is 18.2 Å². The fourth-order valence-corrected chi connectivity index (χ4v) is 2.02. The van der Waals surface area contributed by atoms with Gasteiger partial charge < -0.3 is 10.1 Å². The van der Waals surface area contributed by atoms with Crippen molar-refractivity contribution in [1.82, 2.24) is 4.98 Å². The molecule has 1 heterocycles. The molecular formula is C17H13FN2O2. The molecule has 0 bridgehead atoms. The number of ether oxygens (including phenoxy) is 1. The van der Waals surface area contributed by atoms with Crippen molar-refractivity contribution in [3.63, 3.8) is 0 Å². The van der Waals surface area contributed by atoms with Gasteiger partial charge in [-0.2, -0.15) is 0 Å². The maximum Gasteiger partial charge on any atom is 0.262 e. The summed E-state index contributed by atoms with van der Waals surface area (Å²) in [5.41, 5.74) is 1.47. The van der Waals surface area contributed by atoms with Crippen molar-refractivity contribution in [3.8, 4) is 5.75 Å². The Bertz CT molecular complexity index is 803. The van der Waals surface area contributed by atoms with Crippen molar-refractivity contribution >= 4 is 22.5 Å². The third-order valence-corrected chi connectivity index (χ3v) is 3.06. The molecule has 1 aromatic heterocycles. The largest absolute Gasteiger partial charge is 0.484 e. The normalized spacial score (nSPS) is 10.4. The molecule has 2 aromatic carbocycles. The smallest absolute Gasteiger partial charge is 0.262 e. The van der Waals surface area contributed by atoms with Crippen LogP contribution in [0.3, 0.4) is 0 Å². The van der Waals surface area contributed by atoms with Gasteiger partial charge in [0.15, 0.2) is 6.61 Å². The average molecular weight is 296 g/mol. The van der Waals surface area contributed by atoms with Crippen molar-refractivity contribution in [3.05, 3.63) is 66.6 Å². The minimum absolute atomic E-state index is 0.154. The number of hydrogen-bond acceptors (Lipinski definition) is 3. The van der Waals surface area contributed by atoms with Crippen LogP contribution in [-0.2, 0) is 4.79 Å². The third-order valence-electron chi connectivity index (χ3n) is 3.06. The number of rotatable bonds is 4. The molecular weight excluding hydrogens is 283 g/mol. The molecule has 22 heavy (non-hydrogen) atoms. The average Bonchev–Trinajstić information content (AvgIpc) is 2.54. The number of hydrogen-bond donors (Lipinski definition) is 1. The van der Waals surface area contributed by atoms with Gasteiger partial charge in [-0.15, -0.1) is 0 Å². The Hall–Kier alpha value is -2.95. The van der Waals surface area contributed by atoms with Crippen molar-refractivity contribution in [1.29, 1.82) is 0 Å². The number of carbonyl (C=O) groups excluding carboxylic acids is 1. The molecule has 3 rings (SSSR count). The molecule has 0 spiro atoms. The summed E-state index contributed by atoms with van der Waals surface area (Å²) in [7, 11) is 0. The van der Waals surface area contributed by atoms with Gasteiger partial charge in [-0.3, -0.25) is 9.78 Å². The van der Waals surface area contributed by atoms with Gasteiger partial charge in [-0.25, -0.2) is 4.39 Å². The molecule has 0 unspecified atom stereocenters. The highest BCUT2D eigenvalue weighted by atomic mass is 19.1. The Kier molecular flexibility index (Phi) is 3.96. The highest BCUT2D eigenvalue weighted by Crippen LogP contribution is 2.16. The van der Waals surface area contributed by atoms with E-state index in [-0.39, 0.29) is 18.3 Å². The van der Waals surface area contributed by atoms with E-state index in [2.05, 4.69) is 10.3 Å². The first-order valence-corrected chi connectivity index (χ1v) is 6.74. The van der Waals surface area contributed by atoms with Crippen LogP contribution in [0.25, 0.3) is 10.9 Å². The number of nitrogens with zero attached hydrogens (tertiary/aromatic N) is 1. The van der Waals surface area contributed by atoms with E-state index >= 15 is 0 Å². The predicted octanol–water partition coefficient (Wildman–Crippen LogP) is 3.39. The van der Waals surface area contributed by atoms with E-state index in [0.29, 0.717) is 11.4 Å². The standard InChI is InChI=1S/C17H13FN2O2/c18-13-5-7-15(8-6-13)22-11-17(21)20-14-9-12-3-1-2-4-16(12)19-10-14/h1-10H,11H2,(H,20,21). The molecule has 3 aromatic rings. The molecule has 0 aliphatic heterocycles. The van der Waals surface area contributed by atoms with Crippen molar-refractivity contribution in [2.75, 3.05) is 11.9 Å². The lowest BCUT2D eigenvalue weighted by Gasteiger charge is -2.08. The number of pyridine rings is 1. The van der Waals surface area contributed by atoms with Gasteiger partial charge in [0.25, 0.3) is 5.91 Å². The predicted molar refractivity (Wildman–Crippen MR) is 82.3 cm³/mol. The van der Waals surface area contributed by atoms with E-state index < -0.39 is 0 Å². The molecule has 1 N–H and O–H groups in total. The van der Waals surface area contributed by atoms with E-state index in [1.54, 1.807) is 6.20 Å². The van der Waals surface area contributed by atoms with E-state index in [0.717, 1.165) is 10.9 Å². The highest BCUT2D eigenvalue weighted by molar-refractivity contribution is 5.93. The Morgan fingerprint density at radius 3 is 2.73 bits per heavy atom. The second-order valence-electron chi connectivity index (χ2n) is 4.71. The second kappa shape index (κ2) is 6.22. The lowest BCUT2D eigenvalue weighted by molar-refractivity contribution is -0.118. The molecule has 0 saturated heterocycles. The van der Waals surface area contributed by atoms with Crippen LogP contribution in [0.4, 0.5) is 10.1 Å². The van der Waals surface area contributed by atoms with E-state index in [1.165, 1.54) is 24.3 Å². The minimum Gasteiger partial charge on any atom is -0.484 e. The van der Waals surface area contributed by atoms with Gasteiger partial charge in [0.05, 0.1) is 17.4 Å². The summed E-state index contributed by atoms with van der Waals surface area (Å²) in [4.78, 5) is 16.1. The van der Waals surface area contributed by atoms with Crippen LogP contribution in [0.2, 0.25) is 0 Å². The molecule has 5 heteroatoms. The lowest BCUT2D eigenvalue weighted by atomic mass is 10.2. The molecule has 0 fully saturated rings. The number of anilines is 1. The molecule has 110 valence electrons. The zero-order valence-electron chi connectivity index (χ0n) is 11.6. The minimum atomic E-state index is -0.348. The Morgan fingerprint density at radius 2 is 1.91 bits per heavy atom. The van der Waals surface area contributed by atoms with Gasteiger partial charge in [0.2, 0.25) is 0 Å². The van der Waals surface area contributed by atoms with Crippen LogP contribution in [0, 0.1) is 5.82 Å². The molecule has 4 nitrogen and oxygen atoms in total. The number of amides is 1. The van der Waals surface area contributed by atoms with Gasteiger partial charge in [0, 0.05) is 5.39 Å². The first kappa shape index (κ1) is 14.0. The summed E-state index contributed by atoms with van der Waals surface area (Å²) in [6, 6.07) is 15.0.